The van der Waals surface area contributed by atoms with Gasteiger partial charge < -0.3 is 0 Å². The average molecular weight is 139 g/mol. The lowest BCUT2D eigenvalue weighted by atomic mass is 10.3. The number of hydrogen-bond donors (Lipinski definition) is 1. The maximum Gasteiger partial charge on any atom is 0.0776 e. The first-order valence-corrected chi connectivity index (χ1v) is 3.39. The quantitative estimate of drug-likeness (QED) is 0.556. The van der Waals surface area contributed by atoms with Crippen molar-refractivity contribution in [2.45, 2.75) is 4.90 Å². The van der Waals surface area contributed by atoms with Crippen LogP contribution in [0.25, 0.3) is 0 Å². The Morgan fingerprint density at radius 3 is 3.11 bits per heavy atom. The lowest BCUT2D eigenvalue weighted by Crippen LogP contribution is -1.83. The van der Waals surface area contributed by atoms with Crippen LogP contribution in [0.4, 0.5) is 5.69 Å². The van der Waals surface area contributed by atoms with Gasteiger partial charge >= 0.3 is 0 Å². The largest absolute Gasteiger partial charge is 0.253 e. The lowest BCUT2D eigenvalue weighted by molar-refractivity contribution is 0.491. The van der Waals surface area contributed by atoms with E-state index in [4.69, 9.17) is 4.28 Å². The van der Waals surface area contributed by atoms with Crippen molar-refractivity contribution in [2.24, 2.45) is 0 Å². The molecule has 1 aromatic rings. The van der Waals surface area contributed by atoms with E-state index >= 15 is 0 Å². The molecule has 0 amide bonds. The summed E-state index contributed by atoms with van der Waals surface area (Å²) in [5.41, 5.74) is 3.82. The van der Waals surface area contributed by atoms with Crippen LogP contribution in [-0.4, -0.2) is 0 Å². The minimum absolute atomic E-state index is 1.06. The summed E-state index contributed by atoms with van der Waals surface area (Å²) in [5.74, 6) is 0. The van der Waals surface area contributed by atoms with Crippen molar-refractivity contribution in [2.75, 3.05) is 5.48 Å². The molecule has 0 saturated carbocycles. The molecule has 1 aliphatic rings. The average Bonchev–Trinajstić information content (AvgIpc) is 2.33. The van der Waals surface area contributed by atoms with Gasteiger partial charge in [0.1, 0.15) is 0 Å². The van der Waals surface area contributed by atoms with Crippen molar-refractivity contribution in [1.82, 2.24) is 0 Å². The van der Waals surface area contributed by atoms with Gasteiger partial charge in [0.25, 0.3) is 0 Å². The van der Waals surface area contributed by atoms with Gasteiger partial charge in [-0.3, -0.25) is 5.48 Å². The summed E-state index contributed by atoms with van der Waals surface area (Å²) in [6.07, 6.45) is 0. The Morgan fingerprint density at radius 1 is 1.33 bits per heavy atom. The Labute approximate surface area is 57.4 Å². The molecule has 2 nitrogen and oxygen atoms in total. The molecule has 0 spiro atoms. The molecule has 1 aromatic carbocycles. The molecule has 0 fully saturated rings. The maximum absolute atomic E-state index is 4.88. The van der Waals surface area contributed by atoms with Crippen LogP contribution in [0.1, 0.15) is 0 Å². The summed E-state index contributed by atoms with van der Waals surface area (Å²) >= 11 is 1.36. The van der Waals surface area contributed by atoms with E-state index in [-0.39, 0.29) is 0 Å². The molecule has 9 heavy (non-hydrogen) atoms. The van der Waals surface area contributed by atoms with Crippen LogP contribution in [0.3, 0.4) is 0 Å². The molecule has 2 rings (SSSR count). The molecule has 3 heteroatoms. The number of hydrogen-bond acceptors (Lipinski definition) is 3. The van der Waals surface area contributed by atoms with E-state index in [1.54, 1.807) is 0 Å². The van der Waals surface area contributed by atoms with Gasteiger partial charge in [0.15, 0.2) is 0 Å². The van der Waals surface area contributed by atoms with Gasteiger partial charge in [-0.25, -0.2) is 0 Å². The van der Waals surface area contributed by atoms with Crippen molar-refractivity contribution in [3.63, 3.8) is 0 Å². The Morgan fingerprint density at radius 2 is 2.22 bits per heavy atom. The SMILES string of the molecule is c1ccc2c(c1)NOS2. The number of para-hydroxylation sites is 1. The molecule has 1 heterocycles. The van der Waals surface area contributed by atoms with Crippen molar-refractivity contribution in [1.29, 1.82) is 0 Å². The van der Waals surface area contributed by atoms with Crippen molar-refractivity contribution in [3.05, 3.63) is 24.3 Å². The monoisotopic (exact) mass is 139 g/mol. The highest BCUT2D eigenvalue weighted by atomic mass is 32.2. The Bertz CT molecular complexity index is 203. The van der Waals surface area contributed by atoms with Crippen LogP contribution in [0.5, 0.6) is 0 Å². The zero-order valence-corrected chi connectivity index (χ0v) is 5.44. The number of nitrogens with one attached hydrogen (secondary N) is 1. The number of anilines is 1. The molecule has 0 saturated heterocycles. The molecule has 1 N–H and O–H groups in total. The summed E-state index contributed by atoms with van der Waals surface area (Å²) in [6, 6.07) is 7.96. The van der Waals surface area contributed by atoms with Crippen LogP contribution in [0, 0.1) is 0 Å². The first-order valence-electron chi connectivity index (χ1n) is 2.65. The topological polar surface area (TPSA) is 21.3 Å². The van der Waals surface area contributed by atoms with Crippen molar-refractivity contribution < 1.29 is 4.28 Å². The van der Waals surface area contributed by atoms with Crippen LogP contribution in [-0.2, 0) is 4.28 Å². The molecule has 0 radical (unpaired) electrons. The molecular formula is C6H5NOS. The molecule has 1 aliphatic heterocycles. The predicted molar refractivity (Wildman–Crippen MR) is 37.0 cm³/mol. The van der Waals surface area contributed by atoms with Gasteiger partial charge in [-0.15, -0.1) is 0 Å². The van der Waals surface area contributed by atoms with E-state index in [1.807, 2.05) is 24.3 Å². The van der Waals surface area contributed by atoms with Gasteiger partial charge in [-0.2, -0.15) is 4.28 Å². The van der Waals surface area contributed by atoms with E-state index in [2.05, 4.69) is 5.48 Å². The molecule has 0 aliphatic carbocycles. The van der Waals surface area contributed by atoms with Gasteiger partial charge in [0.2, 0.25) is 0 Å². The fourth-order valence-corrected chi connectivity index (χ4v) is 1.29. The van der Waals surface area contributed by atoms with Gasteiger partial charge in [0, 0.05) is 0 Å². The highest BCUT2D eigenvalue weighted by Gasteiger charge is 2.08. The fourth-order valence-electron chi connectivity index (χ4n) is 0.734. The number of rotatable bonds is 0. The summed E-state index contributed by atoms with van der Waals surface area (Å²) < 4.78 is 4.88. The maximum atomic E-state index is 4.88. The van der Waals surface area contributed by atoms with E-state index in [0.29, 0.717) is 0 Å². The van der Waals surface area contributed by atoms with Crippen molar-refractivity contribution >= 4 is 17.7 Å². The molecule has 0 bridgehead atoms. The predicted octanol–water partition coefficient (Wildman–Crippen LogP) is 2.05. The zero-order chi connectivity index (χ0) is 6.10. The second-order valence-corrected chi connectivity index (χ2v) is 2.54. The third-order valence-corrected chi connectivity index (χ3v) is 1.87. The summed E-state index contributed by atoms with van der Waals surface area (Å²) in [4.78, 5) is 1.15. The highest BCUT2D eigenvalue weighted by molar-refractivity contribution is 7.95. The normalized spacial score (nSPS) is 14.7. The number of fused-ring (bicyclic) bond motifs is 1. The molecule has 0 unspecified atom stereocenters. The second-order valence-electron chi connectivity index (χ2n) is 1.76. The van der Waals surface area contributed by atoms with Crippen molar-refractivity contribution in [3.8, 4) is 0 Å². The van der Waals surface area contributed by atoms with Crippen LogP contribution in [0.15, 0.2) is 29.2 Å². The molecule has 46 valence electrons. The Balaban J connectivity index is 2.54. The van der Waals surface area contributed by atoms with E-state index in [1.165, 1.54) is 12.0 Å². The van der Waals surface area contributed by atoms with Crippen LogP contribution >= 0.6 is 12.0 Å². The van der Waals surface area contributed by atoms with E-state index < -0.39 is 0 Å². The van der Waals surface area contributed by atoms with E-state index in [9.17, 15) is 0 Å². The summed E-state index contributed by atoms with van der Waals surface area (Å²) in [7, 11) is 0. The summed E-state index contributed by atoms with van der Waals surface area (Å²) in [6.45, 7) is 0. The first-order chi connectivity index (χ1) is 4.47. The Hall–Kier alpha value is -0.670. The van der Waals surface area contributed by atoms with Gasteiger partial charge in [0.05, 0.1) is 22.6 Å². The molecule has 0 atom stereocenters. The minimum Gasteiger partial charge on any atom is -0.253 e. The van der Waals surface area contributed by atoms with Crippen LogP contribution in [0.2, 0.25) is 0 Å². The fraction of sp³-hybridized carbons (Fsp3) is 0. The number of benzene rings is 1. The highest BCUT2D eigenvalue weighted by Crippen LogP contribution is 2.33. The van der Waals surface area contributed by atoms with E-state index in [0.717, 1.165) is 10.6 Å². The third-order valence-electron chi connectivity index (χ3n) is 1.17. The lowest BCUT2D eigenvalue weighted by Gasteiger charge is -1.89. The standard InChI is InChI=1S/C6H5NOS/c1-2-4-6-5(3-1)7-8-9-6/h1-4,7H. The smallest absolute Gasteiger partial charge is 0.0776 e. The Kier molecular flexibility index (Phi) is 1.10. The van der Waals surface area contributed by atoms with Gasteiger partial charge in [-0.1, -0.05) is 12.1 Å². The second kappa shape index (κ2) is 1.93. The summed E-state index contributed by atoms with van der Waals surface area (Å²) in [5, 5.41) is 0. The molecule has 0 aromatic heterocycles. The zero-order valence-electron chi connectivity index (χ0n) is 4.63. The molecular weight excluding hydrogens is 134 g/mol. The minimum atomic E-state index is 1.06. The first kappa shape index (κ1) is 5.14. The van der Waals surface area contributed by atoms with Gasteiger partial charge in [-0.05, 0) is 12.1 Å². The van der Waals surface area contributed by atoms with Crippen LogP contribution < -0.4 is 5.48 Å². The third kappa shape index (κ3) is 0.781.